The molecule has 4 atom stereocenters. The topological polar surface area (TPSA) is 203 Å². The molecule has 1 aliphatic heterocycles. The van der Waals surface area contributed by atoms with Crippen molar-refractivity contribution in [3.63, 3.8) is 0 Å². The zero-order chi connectivity index (χ0) is 36.3. The molecule has 15 nitrogen and oxygen atoms in total. The predicted molar refractivity (Wildman–Crippen MR) is 180 cm³/mol. The van der Waals surface area contributed by atoms with Crippen molar-refractivity contribution in [3.05, 3.63) is 78.0 Å². The largest absolute Gasteiger partial charge is 0.446 e. The third-order valence-corrected chi connectivity index (χ3v) is 8.20. The maximum atomic E-state index is 13.4. The molecule has 4 aromatic heterocycles. The summed E-state index contributed by atoms with van der Waals surface area (Å²) >= 11 is 0. The van der Waals surface area contributed by atoms with E-state index in [9.17, 15) is 14.4 Å². The highest BCUT2D eigenvalue weighted by Crippen LogP contribution is 2.29. The van der Waals surface area contributed by atoms with Crippen LogP contribution in [0.5, 0.6) is 0 Å². The van der Waals surface area contributed by atoms with Gasteiger partial charge in [-0.2, -0.15) is 0 Å². The van der Waals surface area contributed by atoms with Crippen LogP contribution in [0.15, 0.2) is 49.3 Å². The highest BCUT2D eigenvalue weighted by molar-refractivity contribution is 5.93. The number of hydrogen-bond donors (Lipinski definition) is 4. The van der Waals surface area contributed by atoms with E-state index in [-0.39, 0.29) is 64.3 Å². The lowest BCUT2D eigenvalue weighted by atomic mass is 10.0. The van der Waals surface area contributed by atoms with E-state index < -0.39 is 41.9 Å². The molecule has 4 N–H and O–H groups in total. The molecule has 0 saturated heterocycles. The number of aromatic nitrogens is 4. The normalized spacial score (nSPS) is 20.9. The fourth-order valence-corrected chi connectivity index (χ4v) is 5.57. The average Bonchev–Trinajstić information content (AvgIpc) is 3.87. The van der Waals surface area contributed by atoms with E-state index in [1.165, 1.54) is 25.1 Å². The number of amides is 3. The first kappa shape index (κ1) is 36.1. The monoisotopic (exact) mass is 690 g/mol. The van der Waals surface area contributed by atoms with Crippen molar-refractivity contribution in [2.45, 2.75) is 92.4 Å². The van der Waals surface area contributed by atoms with Crippen molar-refractivity contribution in [1.82, 2.24) is 41.2 Å². The highest BCUT2D eigenvalue weighted by atomic mass is 16.4. The Morgan fingerprint density at radius 3 is 1.30 bits per heavy atom. The van der Waals surface area contributed by atoms with Crippen LogP contribution >= 0.6 is 0 Å². The Morgan fingerprint density at radius 1 is 0.540 bits per heavy atom. The quantitative estimate of drug-likeness (QED) is 0.182. The molecule has 5 rings (SSSR count). The van der Waals surface area contributed by atoms with E-state index in [0.29, 0.717) is 24.2 Å². The van der Waals surface area contributed by atoms with Crippen molar-refractivity contribution in [3.8, 4) is 0 Å². The van der Waals surface area contributed by atoms with Crippen LogP contribution in [-0.2, 0) is 0 Å². The first-order valence-electron chi connectivity index (χ1n) is 16.9. The lowest BCUT2D eigenvalue weighted by Gasteiger charge is -2.20. The Labute approximate surface area is 290 Å². The second-order valence-corrected chi connectivity index (χ2v) is 14.1. The Balaban J connectivity index is 1.53. The third-order valence-electron chi connectivity index (χ3n) is 8.20. The molecule has 0 radical (unpaired) electrons. The average molecular weight is 691 g/mol. The Hall–Kier alpha value is -5.21. The zero-order valence-corrected chi connectivity index (χ0v) is 29.7. The van der Waals surface area contributed by atoms with Crippen molar-refractivity contribution in [2.75, 3.05) is 0 Å². The standard InChI is InChI=1S/C35H46N8O7/c1-16(2)10-21-32-39-25(13-47-32)30(45)43-28(19(7)8)35-41-24(15-50-35)29(44)37-22(11-17(3)4)33-40-26(14-48-33)31(46)42-27(18(5)6)34-38-23(12-49-34)20(9)36-21/h12-19,21-22,27-28,36H,9-11H2,1-8H3,(H,37,44)(H,42,46)(H,43,45)/t21?,22-,27?,28?/m0/s1. The van der Waals surface area contributed by atoms with Crippen LogP contribution in [0.3, 0.4) is 0 Å². The van der Waals surface area contributed by atoms with Gasteiger partial charge in [0.05, 0.1) is 5.70 Å². The summed E-state index contributed by atoms with van der Waals surface area (Å²) in [5, 5.41) is 12.1. The Morgan fingerprint density at radius 2 is 0.880 bits per heavy atom. The highest BCUT2D eigenvalue weighted by Gasteiger charge is 2.31. The minimum absolute atomic E-state index is 0.00396. The maximum absolute atomic E-state index is 13.4. The smallest absolute Gasteiger partial charge is 0.273 e. The van der Waals surface area contributed by atoms with E-state index in [4.69, 9.17) is 17.7 Å². The van der Waals surface area contributed by atoms with Gasteiger partial charge in [0.2, 0.25) is 23.6 Å². The van der Waals surface area contributed by atoms with Crippen molar-refractivity contribution < 1.29 is 32.1 Å². The number of carbonyl (C=O) groups is 3. The van der Waals surface area contributed by atoms with Gasteiger partial charge in [-0.1, -0.05) is 62.0 Å². The number of fused-ring (bicyclic) bond motifs is 8. The van der Waals surface area contributed by atoms with Crippen molar-refractivity contribution in [1.29, 1.82) is 0 Å². The number of nitrogens with one attached hydrogen (secondary N) is 4. The fourth-order valence-electron chi connectivity index (χ4n) is 5.57. The Kier molecular flexibility index (Phi) is 10.9. The first-order chi connectivity index (χ1) is 23.7. The molecular weight excluding hydrogens is 644 g/mol. The van der Waals surface area contributed by atoms with E-state index in [2.05, 4.69) is 61.6 Å². The molecule has 4 aromatic rings. The second-order valence-electron chi connectivity index (χ2n) is 14.1. The van der Waals surface area contributed by atoms with Gasteiger partial charge in [-0.25, -0.2) is 19.9 Å². The van der Waals surface area contributed by atoms with Crippen LogP contribution in [0.25, 0.3) is 5.70 Å². The van der Waals surface area contributed by atoms with Crippen molar-refractivity contribution in [2.24, 2.45) is 23.7 Å². The van der Waals surface area contributed by atoms with Crippen LogP contribution in [0, 0.1) is 23.7 Å². The third kappa shape index (κ3) is 8.32. The fraction of sp³-hybridized carbons (Fsp3) is 0.514. The summed E-state index contributed by atoms with van der Waals surface area (Å²) in [5.41, 5.74) is 0.962. The lowest BCUT2D eigenvalue weighted by molar-refractivity contribution is 0.0904. The van der Waals surface area contributed by atoms with Gasteiger partial charge >= 0.3 is 0 Å². The summed E-state index contributed by atoms with van der Waals surface area (Å²) in [4.78, 5) is 58.3. The van der Waals surface area contributed by atoms with Crippen LogP contribution < -0.4 is 21.3 Å². The maximum Gasteiger partial charge on any atom is 0.273 e. The summed E-state index contributed by atoms with van der Waals surface area (Å²) in [6.07, 6.45) is 6.31. The van der Waals surface area contributed by atoms with Gasteiger partial charge in [0.1, 0.15) is 54.9 Å². The molecule has 3 amide bonds. The summed E-state index contributed by atoms with van der Waals surface area (Å²) in [7, 11) is 0. The molecule has 0 aliphatic carbocycles. The molecule has 0 saturated carbocycles. The van der Waals surface area contributed by atoms with Crippen LogP contribution in [-0.4, -0.2) is 37.7 Å². The molecule has 268 valence electrons. The van der Waals surface area contributed by atoms with E-state index in [1.807, 2.05) is 41.5 Å². The number of oxazole rings is 4. The van der Waals surface area contributed by atoms with E-state index in [1.54, 1.807) is 0 Å². The number of hydrogen-bond acceptors (Lipinski definition) is 12. The molecule has 3 unspecified atom stereocenters. The van der Waals surface area contributed by atoms with Crippen LogP contribution in [0.1, 0.15) is 153 Å². The van der Waals surface area contributed by atoms with Gasteiger partial charge in [0.15, 0.2) is 17.1 Å². The first-order valence-corrected chi connectivity index (χ1v) is 16.9. The minimum atomic E-state index is -0.686. The van der Waals surface area contributed by atoms with Gasteiger partial charge in [0, 0.05) is 0 Å². The van der Waals surface area contributed by atoms with Gasteiger partial charge in [-0.3, -0.25) is 14.4 Å². The van der Waals surface area contributed by atoms with Gasteiger partial charge in [0.25, 0.3) is 17.7 Å². The Bertz CT molecular complexity index is 1680. The van der Waals surface area contributed by atoms with Gasteiger partial charge in [-0.15, -0.1) is 0 Å². The summed E-state index contributed by atoms with van der Waals surface area (Å²) in [6, 6.07) is -2.43. The number of rotatable bonds is 6. The molecule has 0 fully saturated rings. The second kappa shape index (κ2) is 15.1. The van der Waals surface area contributed by atoms with Crippen LogP contribution in [0.4, 0.5) is 0 Å². The molecule has 1 aliphatic rings. The zero-order valence-electron chi connectivity index (χ0n) is 29.7. The SMILES string of the molecule is C=C1NC(CC(C)C)c2nc(co2)C(=O)NC(C(C)C)c2nc(co2)C(=O)N[C@@H](CC(C)C)c2nc(co2)C(=O)NC(C(C)C)c2nc1co2. The molecule has 0 aromatic carbocycles. The number of carbonyl (C=O) groups excluding carboxylic acids is 3. The molecule has 0 spiro atoms. The predicted octanol–water partition coefficient (Wildman–Crippen LogP) is 6.07. The summed E-state index contributed by atoms with van der Waals surface area (Å²) < 4.78 is 23.1. The summed E-state index contributed by atoms with van der Waals surface area (Å²) in [6.45, 7) is 19.9. The molecule has 15 heteroatoms. The lowest BCUT2D eigenvalue weighted by Crippen LogP contribution is -2.33. The van der Waals surface area contributed by atoms with Crippen molar-refractivity contribution >= 4 is 23.4 Å². The van der Waals surface area contributed by atoms with Crippen LogP contribution in [0.2, 0.25) is 0 Å². The molecular formula is C35H46N8O7. The molecule has 5 heterocycles. The minimum Gasteiger partial charge on any atom is -0.446 e. The van der Waals surface area contributed by atoms with Gasteiger partial charge < -0.3 is 38.9 Å². The molecule has 8 bridgehead atoms. The number of nitrogens with zero attached hydrogens (tertiary/aromatic N) is 4. The van der Waals surface area contributed by atoms with E-state index >= 15 is 0 Å². The summed E-state index contributed by atoms with van der Waals surface area (Å²) in [5.74, 6) is -0.584. The molecule has 50 heavy (non-hydrogen) atoms. The van der Waals surface area contributed by atoms with Gasteiger partial charge in [-0.05, 0) is 36.5 Å². The van der Waals surface area contributed by atoms with E-state index in [0.717, 1.165) is 0 Å².